The minimum Gasteiger partial charge on any atom is -0.425 e. The molecule has 3 rings (SSSR count). The summed E-state index contributed by atoms with van der Waals surface area (Å²) in [4.78, 5) is 25.5. The van der Waals surface area contributed by atoms with Crippen molar-refractivity contribution in [1.29, 1.82) is 0 Å². The van der Waals surface area contributed by atoms with E-state index in [0.717, 1.165) is 64.5 Å². The minimum atomic E-state index is -0.232. The quantitative estimate of drug-likeness (QED) is 0.0883. The van der Waals surface area contributed by atoms with Crippen LogP contribution in [-0.2, 0) is 9.59 Å². The van der Waals surface area contributed by atoms with E-state index in [9.17, 15) is 9.59 Å². The first-order valence-corrected chi connectivity index (χ1v) is 13.9. The lowest BCUT2D eigenvalue weighted by Gasteiger charge is -2.17. The summed E-state index contributed by atoms with van der Waals surface area (Å²) in [6.45, 7) is 4.36. The molecule has 0 spiro atoms. The van der Waals surface area contributed by atoms with E-state index in [-0.39, 0.29) is 11.9 Å². The third-order valence-corrected chi connectivity index (χ3v) is 6.78. The van der Waals surface area contributed by atoms with Gasteiger partial charge in [0.1, 0.15) is 11.5 Å². The van der Waals surface area contributed by atoms with Gasteiger partial charge < -0.3 is 9.47 Å². The standard InChI is InChI=1S/C30H37BrO4/c1-3-5-7-9-11-17-27(32)34-29-23-15-13-14-16-24(23)30(26-21-22(31)19-20-25(26)29)35-28(33)18-12-10-8-6-4-2/h13-16,19-21H,3-12,17-18H2,1-2H3. The smallest absolute Gasteiger partial charge is 0.311 e. The SMILES string of the molecule is CCCCCCCC(=O)Oc1c2ccccc2c(OC(=O)CCCCCCC)c2cc(Br)ccc12. The van der Waals surface area contributed by atoms with Crippen molar-refractivity contribution in [2.75, 3.05) is 0 Å². The Balaban J connectivity index is 1.88. The number of fused-ring (bicyclic) bond motifs is 2. The zero-order valence-corrected chi connectivity index (χ0v) is 22.6. The molecular formula is C30H37BrO4. The molecule has 188 valence electrons. The molecule has 0 unspecified atom stereocenters. The van der Waals surface area contributed by atoms with Gasteiger partial charge in [-0.25, -0.2) is 0 Å². The predicted molar refractivity (Wildman–Crippen MR) is 147 cm³/mol. The molecule has 0 aromatic heterocycles. The summed E-state index contributed by atoms with van der Waals surface area (Å²) >= 11 is 3.54. The van der Waals surface area contributed by atoms with E-state index in [1.54, 1.807) is 0 Å². The van der Waals surface area contributed by atoms with Crippen LogP contribution in [0.5, 0.6) is 11.5 Å². The number of carbonyl (C=O) groups is 2. The fraction of sp³-hybridized carbons (Fsp3) is 0.467. The summed E-state index contributed by atoms with van der Waals surface area (Å²) in [5.74, 6) is 0.591. The Morgan fingerprint density at radius 1 is 0.629 bits per heavy atom. The van der Waals surface area contributed by atoms with Crippen molar-refractivity contribution in [1.82, 2.24) is 0 Å². The average Bonchev–Trinajstić information content (AvgIpc) is 2.85. The molecular weight excluding hydrogens is 504 g/mol. The number of hydrogen-bond acceptors (Lipinski definition) is 4. The molecule has 0 saturated carbocycles. The van der Waals surface area contributed by atoms with E-state index in [4.69, 9.17) is 9.47 Å². The molecule has 35 heavy (non-hydrogen) atoms. The van der Waals surface area contributed by atoms with Crippen LogP contribution in [0.25, 0.3) is 21.5 Å². The van der Waals surface area contributed by atoms with Crippen molar-refractivity contribution >= 4 is 49.4 Å². The first kappa shape index (κ1) is 27.2. The van der Waals surface area contributed by atoms with E-state index in [1.165, 1.54) is 25.7 Å². The highest BCUT2D eigenvalue weighted by atomic mass is 79.9. The summed E-state index contributed by atoms with van der Waals surface area (Å²) in [6.07, 6.45) is 11.5. The molecule has 0 amide bonds. The Bertz CT molecular complexity index is 1140. The Morgan fingerprint density at radius 3 is 1.60 bits per heavy atom. The number of ether oxygens (including phenoxy) is 2. The van der Waals surface area contributed by atoms with Gasteiger partial charge in [0.15, 0.2) is 0 Å². The third-order valence-electron chi connectivity index (χ3n) is 6.29. The third kappa shape index (κ3) is 7.79. The van der Waals surface area contributed by atoms with Crippen molar-refractivity contribution in [2.24, 2.45) is 0 Å². The summed E-state index contributed by atoms with van der Waals surface area (Å²) in [5, 5.41) is 3.05. The second-order valence-electron chi connectivity index (χ2n) is 9.17. The molecule has 0 atom stereocenters. The highest BCUT2D eigenvalue weighted by Gasteiger charge is 2.20. The maximum absolute atomic E-state index is 12.8. The molecule has 0 fully saturated rings. The number of rotatable bonds is 14. The van der Waals surface area contributed by atoms with Crippen LogP contribution in [0.1, 0.15) is 90.9 Å². The molecule has 0 N–H and O–H groups in total. The van der Waals surface area contributed by atoms with Crippen molar-refractivity contribution in [2.45, 2.75) is 90.9 Å². The number of esters is 2. The van der Waals surface area contributed by atoms with Crippen molar-refractivity contribution in [3.63, 3.8) is 0 Å². The number of halogens is 1. The number of benzene rings is 3. The van der Waals surface area contributed by atoms with E-state index in [1.807, 2.05) is 42.5 Å². The molecule has 0 aliphatic heterocycles. The van der Waals surface area contributed by atoms with Crippen LogP contribution in [0.15, 0.2) is 46.9 Å². The van der Waals surface area contributed by atoms with Crippen LogP contribution in [0.4, 0.5) is 0 Å². The van der Waals surface area contributed by atoms with Crippen LogP contribution in [0.2, 0.25) is 0 Å². The predicted octanol–water partition coefficient (Wildman–Crippen LogP) is 9.29. The number of hydrogen-bond donors (Lipinski definition) is 0. The fourth-order valence-corrected chi connectivity index (χ4v) is 4.73. The first-order valence-electron chi connectivity index (χ1n) is 13.1. The Morgan fingerprint density at radius 2 is 1.09 bits per heavy atom. The normalized spacial score (nSPS) is 11.2. The van der Waals surface area contributed by atoms with Gasteiger partial charge in [0.2, 0.25) is 0 Å². The molecule has 0 radical (unpaired) electrons. The van der Waals surface area contributed by atoms with Gasteiger partial charge in [-0.2, -0.15) is 0 Å². The lowest BCUT2D eigenvalue weighted by Crippen LogP contribution is -2.10. The molecule has 0 aliphatic rings. The van der Waals surface area contributed by atoms with Crippen molar-refractivity contribution in [3.8, 4) is 11.5 Å². The zero-order chi connectivity index (χ0) is 25.0. The molecule has 3 aromatic rings. The second kappa shape index (κ2) is 14.2. The largest absolute Gasteiger partial charge is 0.425 e. The van der Waals surface area contributed by atoms with E-state index >= 15 is 0 Å². The van der Waals surface area contributed by atoms with Gasteiger partial charge in [-0.15, -0.1) is 0 Å². The summed E-state index contributed by atoms with van der Waals surface area (Å²) in [5.41, 5.74) is 0. The van der Waals surface area contributed by atoms with Gasteiger partial charge in [0, 0.05) is 38.9 Å². The Hall–Kier alpha value is -2.40. The van der Waals surface area contributed by atoms with Gasteiger partial charge >= 0.3 is 11.9 Å². The average molecular weight is 542 g/mol. The van der Waals surface area contributed by atoms with Crippen molar-refractivity contribution < 1.29 is 19.1 Å². The lowest BCUT2D eigenvalue weighted by molar-refractivity contribution is -0.135. The fourth-order valence-electron chi connectivity index (χ4n) is 4.37. The maximum atomic E-state index is 12.8. The van der Waals surface area contributed by atoms with Crippen LogP contribution >= 0.6 is 15.9 Å². The first-order chi connectivity index (χ1) is 17.0. The summed E-state index contributed by atoms with van der Waals surface area (Å²) in [6, 6.07) is 13.4. The van der Waals surface area contributed by atoms with Crippen LogP contribution in [0.3, 0.4) is 0 Å². The Kier molecular flexibility index (Phi) is 11.1. The number of unbranched alkanes of at least 4 members (excludes halogenated alkanes) is 8. The van der Waals surface area contributed by atoms with Gasteiger partial charge in [0.05, 0.1) is 0 Å². The molecule has 3 aromatic carbocycles. The van der Waals surface area contributed by atoms with E-state index in [2.05, 4.69) is 29.8 Å². The minimum absolute atomic E-state index is 0.229. The molecule has 0 bridgehead atoms. The molecule has 5 heteroatoms. The highest BCUT2D eigenvalue weighted by Crippen LogP contribution is 2.44. The number of carbonyl (C=O) groups excluding carboxylic acids is 2. The van der Waals surface area contributed by atoms with Crippen molar-refractivity contribution in [3.05, 3.63) is 46.9 Å². The zero-order valence-electron chi connectivity index (χ0n) is 21.0. The van der Waals surface area contributed by atoms with Gasteiger partial charge in [-0.05, 0) is 31.0 Å². The summed E-state index contributed by atoms with van der Waals surface area (Å²) in [7, 11) is 0. The highest BCUT2D eigenvalue weighted by molar-refractivity contribution is 9.10. The second-order valence-corrected chi connectivity index (χ2v) is 10.1. The monoisotopic (exact) mass is 540 g/mol. The lowest BCUT2D eigenvalue weighted by atomic mass is 10.0. The maximum Gasteiger partial charge on any atom is 0.311 e. The van der Waals surface area contributed by atoms with Crippen LogP contribution in [-0.4, -0.2) is 11.9 Å². The van der Waals surface area contributed by atoms with Crippen LogP contribution in [0, 0.1) is 0 Å². The topological polar surface area (TPSA) is 52.6 Å². The molecule has 4 nitrogen and oxygen atoms in total. The van der Waals surface area contributed by atoms with E-state index < -0.39 is 0 Å². The van der Waals surface area contributed by atoms with Crippen LogP contribution < -0.4 is 9.47 Å². The Labute approximate surface area is 217 Å². The molecule has 0 saturated heterocycles. The van der Waals surface area contributed by atoms with Gasteiger partial charge in [0.25, 0.3) is 0 Å². The molecule has 0 aliphatic carbocycles. The molecule has 0 heterocycles. The van der Waals surface area contributed by atoms with Gasteiger partial charge in [-0.3, -0.25) is 9.59 Å². The summed E-state index contributed by atoms with van der Waals surface area (Å²) < 4.78 is 12.8. The van der Waals surface area contributed by atoms with E-state index in [0.29, 0.717) is 24.3 Å². The van der Waals surface area contributed by atoms with Gasteiger partial charge in [-0.1, -0.05) is 105 Å².